The molecule has 0 unspecified atom stereocenters. The highest BCUT2D eigenvalue weighted by molar-refractivity contribution is 8.20. The SMILES string of the molecule is Cc1cc(C2(c3cccc(F)c3)SCCS2)c(C)cc1N=CN(C)C. The Bertz CT molecular complexity index is 796. The summed E-state index contributed by atoms with van der Waals surface area (Å²) in [5.74, 6) is 1.96. The van der Waals surface area contributed by atoms with Crippen molar-refractivity contribution in [2.45, 2.75) is 17.9 Å². The van der Waals surface area contributed by atoms with Crippen molar-refractivity contribution in [1.29, 1.82) is 0 Å². The van der Waals surface area contributed by atoms with Crippen molar-refractivity contribution in [2.24, 2.45) is 4.99 Å². The quantitative estimate of drug-likeness (QED) is 0.530. The summed E-state index contributed by atoms with van der Waals surface area (Å²) in [6, 6.07) is 11.4. The number of benzene rings is 2. The summed E-state index contributed by atoms with van der Waals surface area (Å²) in [4.78, 5) is 6.50. The van der Waals surface area contributed by atoms with E-state index in [0.717, 1.165) is 28.3 Å². The molecule has 2 nitrogen and oxygen atoms in total. The zero-order valence-corrected chi connectivity index (χ0v) is 16.7. The predicted molar refractivity (Wildman–Crippen MR) is 110 cm³/mol. The Morgan fingerprint density at radius 3 is 2.44 bits per heavy atom. The third kappa shape index (κ3) is 3.72. The van der Waals surface area contributed by atoms with Crippen LogP contribution < -0.4 is 0 Å². The molecule has 132 valence electrons. The van der Waals surface area contributed by atoms with Crippen LogP contribution in [0.4, 0.5) is 10.1 Å². The lowest BCUT2D eigenvalue weighted by atomic mass is 9.96. The van der Waals surface area contributed by atoms with Crippen molar-refractivity contribution < 1.29 is 4.39 Å². The van der Waals surface area contributed by atoms with Crippen LogP contribution in [-0.4, -0.2) is 36.8 Å². The van der Waals surface area contributed by atoms with Gasteiger partial charge >= 0.3 is 0 Å². The highest BCUT2D eigenvalue weighted by Crippen LogP contribution is 2.57. The Labute approximate surface area is 157 Å². The molecule has 2 aromatic carbocycles. The largest absolute Gasteiger partial charge is 0.369 e. The molecule has 0 bridgehead atoms. The second kappa shape index (κ2) is 7.42. The summed E-state index contributed by atoms with van der Waals surface area (Å²) in [6.45, 7) is 4.22. The van der Waals surface area contributed by atoms with E-state index in [9.17, 15) is 4.39 Å². The van der Waals surface area contributed by atoms with E-state index in [1.54, 1.807) is 6.07 Å². The maximum atomic E-state index is 13.9. The lowest BCUT2D eigenvalue weighted by molar-refractivity contribution is 0.625. The third-order valence-electron chi connectivity index (χ3n) is 4.22. The maximum absolute atomic E-state index is 13.9. The summed E-state index contributed by atoms with van der Waals surface area (Å²) in [5.41, 5.74) is 5.61. The summed E-state index contributed by atoms with van der Waals surface area (Å²) in [6.07, 6.45) is 1.82. The van der Waals surface area contributed by atoms with Gasteiger partial charge in [-0.1, -0.05) is 18.2 Å². The van der Waals surface area contributed by atoms with Crippen LogP contribution in [0.2, 0.25) is 0 Å². The van der Waals surface area contributed by atoms with Gasteiger partial charge in [-0.3, -0.25) is 0 Å². The fraction of sp³-hybridized carbons (Fsp3) is 0.350. The minimum Gasteiger partial charge on any atom is -0.369 e. The van der Waals surface area contributed by atoms with Gasteiger partial charge in [0.05, 0.1) is 12.0 Å². The highest BCUT2D eigenvalue weighted by Gasteiger charge is 2.40. The van der Waals surface area contributed by atoms with Gasteiger partial charge in [-0.25, -0.2) is 9.38 Å². The third-order valence-corrected chi connectivity index (χ3v) is 7.73. The van der Waals surface area contributed by atoms with Gasteiger partial charge in [0, 0.05) is 25.6 Å². The van der Waals surface area contributed by atoms with Gasteiger partial charge in [0.2, 0.25) is 0 Å². The first-order chi connectivity index (χ1) is 11.9. The molecule has 3 rings (SSSR count). The molecule has 1 saturated heterocycles. The molecule has 0 aliphatic carbocycles. The molecule has 0 saturated carbocycles. The molecule has 0 aromatic heterocycles. The first-order valence-corrected chi connectivity index (χ1v) is 10.3. The molecule has 25 heavy (non-hydrogen) atoms. The van der Waals surface area contributed by atoms with E-state index in [-0.39, 0.29) is 9.90 Å². The second-order valence-corrected chi connectivity index (χ2v) is 9.36. The number of hydrogen-bond donors (Lipinski definition) is 0. The van der Waals surface area contributed by atoms with Crippen molar-refractivity contribution in [3.8, 4) is 0 Å². The Kier molecular flexibility index (Phi) is 5.44. The molecule has 0 atom stereocenters. The minimum absolute atomic E-state index is 0.174. The molecule has 0 amide bonds. The summed E-state index contributed by atoms with van der Waals surface area (Å²) >= 11 is 3.80. The maximum Gasteiger partial charge on any atom is 0.123 e. The molecule has 0 N–H and O–H groups in total. The van der Waals surface area contributed by atoms with E-state index in [0.29, 0.717) is 0 Å². The van der Waals surface area contributed by atoms with E-state index in [1.807, 2.05) is 61.0 Å². The van der Waals surface area contributed by atoms with Gasteiger partial charge in [0.25, 0.3) is 0 Å². The first-order valence-electron chi connectivity index (χ1n) is 8.29. The molecule has 1 heterocycles. The van der Waals surface area contributed by atoms with Crippen molar-refractivity contribution in [3.05, 3.63) is 64.5 Å². The van der Waals surface area contributed by atoms with Gasteiger partial charge in [0.15, 0.2) is 0 Å². The van der Waals surface area contributed by atoms with E-state index >= 15 is 0 Å². The molecule has 1 aliphatic rings. The minimum atomic E-state index is -0.235. The fourth-order valence-corrected chi connectivity index (χ4v) is 6.47. The first kappa shape index (κ1) is 18.3. The van der Waals surface area contributed by atoms with E-state index in [4.69, 9.17) is 0 Å². The van der Waals surface area contributed by atoms with E-state index in [1.165, 1.54) is 17.2 Å². The number of aryl methyl sites for hydroxylation is 2. The number of nitrogens with zero attached hydrogens (tertiary/aromatic N) is 2. The lowest BCUT2D eigenvalue weighted by Gasteiger charge is -2.31. The smallest absolute Gasteiger partial charge is 0.123 e. The number of rotatable bonds is 4. The molecule has 1 aliphatic heterocycles. The topological polar surface area (TPSA) is 15.6 Å². The van der Waals surface area contributed by atoms with Crippen LogP contribution in [-0.2, 0) is 4.08 Å². The monoisotopic (exact) mass is 374 g/mol. The van der Waals surface area contributed by atoms with Gasteiger partial charge in [0.1, 0.15) is 9.90 Å². The molecule has 2 aromatic rings. The predicted octanol–water partition coefficient (Wildman–Crippen LogP) is 5.35. The van der Waals surface area contributed by atoms with Crippen LogP contribution in [0.3, 0.4) is 0 Å². The summed E-state index contributed by atoms with van der Waals surface area (Å²) < 4.78 is 13.6. The number of halogens is 1. The Balaban J connectivity index is 2.10. The molecular formula is C20H23FN2S2. The van der Waals surface area contributed by atoms with Gasteiger partial charge in [-0.05, 0) is 54.3 Å². The average molecular weight is 375 g/mol. The second-order valence-electron chi connectivity index (χ2n) is 6.49. The molecule has 1 fully saturated rings. The Morgan fingerprint density at radius 1 is 1.08 bits per heavy atom. The normalized spacial score (nSPS) is 16.5. The van der Waals surface area contributed by atoms with Gasteiger partial charge in [-0.2, -0.15) is 0 Å². The fourth-order valence-electron chi connectivity index (χ4n) is 3.06. The average Bonchev–Trinajstić information content (AvgIpc) is 3.06. The molecular weight excluding hydrogens is 351 g/mol. The lowest BCUT2D eigenvalue weighted by Crippen LogP contribution is -2.18. The van der Waals surface area contributed by atoms with Crippen LogP contribution in [0.1, 0.15) is 22.3 Å². The van der Waals surface area contributed by atoms with E-state index < -0.39 is 0 Å². The number of hydrogen-bond acceptors (Lipinski definition) is 3. The van der Waals surface area contributed by atoms with Crippen LogP contribution in [0.25, 0.3) is 0 Å². The van der Waals surface area contributed by atoms with Crippen molar-refractivity contribution in [2.75, 3.05) is 25.6 Å². The van der Waals surface area contributed by atoms with Crippen molar-refractivity contribution in [1.82, 2.24) is 4.90 Å². The van der Waals surface area contributed by atoms with Gasteiger partial charge < -0.3 is 4.90 Å². The zero-order valence-electron chi connectivity index (χ0n) is 15.0. The van der Waals surface area contributed by atoms with Crippen LogP contribution in [0, 0.1) is 19.7 Å². The van der Waals surface area contributed by atoms with Crippen LogP contribution in [0.5, 0.6) is 0 Å². The van der Waals surface area contributed by atoms with Crippen molar-refractivity contribution >= 4 is 35.5 Å². The summed E-state index contributed by atoms with van der Waals surface area (Å²) in [5, 5.41) is 0. The van der Waals surface area contributed by atoms with E-state index in [2.05, 4.69) is 31.0 Å². The molecule has 0 radical (unpaired) electrons. The Morgan fingerprint density at radius 2 is 1.80 bits per heavy atom. The number of aliphatic imine (C=N–C) groups is 1. The van der Waals surface area contributed by atoms with Crippen LogP contribution >= 0.6 is 23.5 Å². The van der Waals surface area contributed by atoms with Crippen molar-refractivity contribution in [3.63, 3.8) is 0 Å². The zero-order chi connectivity index (χ0) is 18.0. The van der Waals surface area contributed by atoms with Gasteiger partial charge in [-0.15, -0.1) is 23.5 Å². The summed E-state index contributed by atoms with van der Waals surface area (Å²) in [7, 11) is 3.93. The highest BCUT2D eigenvalue weighted by atomic mass is 32.2. The van der Waals surface area contributed by atoms with Crippen LogP contribution in [0.15, 0.2) is 41.4 Å². The Hall–Kier alpha value is -1.46. The standard InChI is InChI=1S/C20H23FN2S2/c1-14-11-19(22-13-23(3)4)15(2)10-18(14)20(24-8-9-25-20)16-6-5-7-17(21)12-16/h5-7,10-13H,8-9H2,1-4H3. The number of thioether (sulfide) groups is 2. The molecule has 0 spiro atoms. The molecule has 5 heteroatoms.